The second-order valence-electron chi connectivity index (χ2n) is 7.60. The molecule has 2 aromatic heterocycles. The number of H-pyrrole nitrogens is 2. The first-order chi connectivity index (χ1) is 14.9. The summed E-state index contributed by atoms with van der Waals surface area (Å²) >= 11 is 0. The summed E-state index contributed by atoms with van der Waals surface area (Å²) in [7, 11) is 3.24. The molecule has 0 bridgehead atoms. The maximum atomic E-state index is 13.3. The largest absolute Gasteiger partial charge is 0.497 e. The molecule has 164 valence electrons. The number of carbonyl (C=O) groups excluding carboxylic acids is 1. The summed E-state index contributed by atoms with van der Waals surface area (Å²) < 4.78 is 6.39. The molecular formula is C20H24N6O5. The lowest BCUT2D eigenvalue weighted by Gasteiger charge is -2.32. The van der Waals surface area contributed by atoms with E-state index in [4.69, 9.17) is 4.74 Å². The van der Waals surface area contributed by atoms with Crippen molar-refractivity contribution in [2.45, 2.75) is 18.6 Å². The highest BCUT2D eigenvalue weighted by atomic mass is 16.5. The molecular weight excluding hydrogens is 404 g/mol. The zero-order chi connectivity index (χ0) is 22.1. The van der Waals surface area contributed by atoms with E-state index in [1.807, 2.05) is 24.3 Å². The Labute approximate surface area is 176 Å². The summed E-state index contributed by atoms with van der Waals surface area (Å²) in [5, 5.41) is 9.90. The van der Waals surface area contributed by atoms with Gasteiger partial charge < -0.3 is 14.7 Å². The molecule has 1 aromatic carbocycles. The minimum absolute atomic E-state index is 0.0231. The van der Waals surface area contributed by atoms with Gasteiger partial charge in [0.05, 0.1) is 19.3 Å². The van der Waals surface area contributed by atoms with Gasteiger partial charge in [-0.2, -0.15) is 0 Å². The van der Waals surface area contributed by atoms with Crippen molar-refractivity contribution in [1.29, 1.82) is 0 Å². The first-order valence-electron chi connectivity index (χ1n) is 9.88. The summed E-state index contributed by atoms with van der Waals surface area (Å²) in [6.07, 6.45) is 1.52. The lowest BCUT2D eigenvalue weighted by atomic mass is 10.0. The maximum absolute atomic E-state index is 13.3. The quantitative estimate of drug-likeness (QED) is 0.525. The summed E-state index contributed by atoms with van der Waals surface area (Å²) in [5.41, 5.74) is -0.479. The molecule has 2 atom stereocenters. The fraction of sp³-hybridized carbons (Fsp3) is 0.400. The van der Waals surface area contributed by atoms with Crippen LogP contribution in [-0.2, 0) is 0 Å². The highest BCUT2D eigenvalue weighted by molar-refractivity contribution is 5.86. The third-order valence-corrected chi connectivity index (χ3v) is 5.60. The smallest absolute Gasteiger partial charge is 0.331 e. The number of aromatic nitrogens is 4. The molecule has 0 unspecified atom stereocenters. The predicted molar refractivity (Wildman–Crippen MR) is 112 cm³/mol. The number of likely N-dealkylation sites (tertiary alicyclic amines) is 1. The first kappa shape index (κ1) is 20.8. The second kappa shape index (κ2) is 8.36. The Bertz CT molecular complexity index is 1200. The van der Waals surface area contributed by atoms with Gasteiger partial charge in [-0.15, -0.1) is 0 Å². The highest BCUT2D eigenvalue weighted by Crippen LogP contribution is 2.26. The van der Waals surface area contributed by atoms with Crippen LogP contribution in [0.15, 0.2) is 40.2 Å². The lowest BCUT2D eigenvalue weighted by Crippen LogP contribution is -2.41. The van der Waals surface area contributed by atoms with Gasteiger partial charge in [-0.05, 0) is 24.1 Å². The molecule has 4 rings (SSSR count). The Kier molecular flexibility index (Phi) is 5.61. The fourth-order valence-electron chi connectivity index (χ4n) is 3.88. The number of benzene rings is 1. The van der Waals surface area contributed by atoms with Crippen molar-refractivity contribution < 1.29 is 14.6 Å². The number of aliphatic hydroxyl groups excluding tert-OH is 1. The van der Waals surface area contributed by atoms with Crippen LogP contribution in [0.5, 0.6) is 5.75 Å². The Morgan fingerprint density at radius 2 is 2.06 bits per heavy atom. The summed E-state index contributed by atoms with van der Waals surface area (Å²) in [6.45, 7) is 1.77. The van der Waals surface area contributed by atoms with Crippen molar-refractivity contribution in [3.63, 3.8) is 0 Å². The molecule has 0 saturated carbocycles. The Hall–Kier alpha value is -3.44. The Morgan fingerprint density at radius 1 is 1.32 bits per heavy atom. The minimum Gasteiger partial charge on any atom is -0.497 e. The molecule has 3 aromatic rings. The number of imidazole rings is 1. The van der Waals surface area contributed by atoms with Gasteiger partial charge in [-0.3, -0.25) is 19.7 Å². The number of nitrogens with zero attached hydrogens (tertiary/aromatic N) is 4. The summed E-state index contributed by atoms with van der Waals surface area (Å²) in [6, 6.07) is 6.61. The highest BCUT2D eigenvalue weighted by Gasteiger charge is 2.29. The molecule has 3 heterocycles. The lowest BCUT2D eigenvalue weighted by molar-refractivity contribution is 0.151. The van der Waals surface area contributed by atoms with Crippen LogP contribution in [-0.4, -0.2) is 80.4 Å². The average molecular weight is 428 g/mol. The van der Waals surface area contributed by atoms with Gasteiger partial charge in [0.15, 0.2) is 11.2 Å². The van der Waals surface area contributed by atoms with Gasteiger partial charge >= 0.3 is 11.7 Å². The van der Waals surface area contributed by atoms with E-state index in [0.29, 0.717) is 25.3 Å². The van der Waals surface area contributed by atoms with Gasteiger partial charge in [0.25, 0.3) is 5.56 Å². The zero-order valence-corrected chi connectivity index (χ0v) is 17.2. The van der Waals surface area contributed by atoms with Crippen molar-refractivity contribution >= 4 is 17.2 Å². The van der Waals surface area contributed by atoms with Gasteiger partial charge in [-0.25, -0.2) is 19.1 Å². The molecule has 3 N–H and O–H groups in total. The number of ether oxygens (including phenoxy) is 1. The van der Waals surface area contributed by atoms with E-state index >= 15 is 0 Å². The zero-order valence-electron chi connectivity index (χ0n) is 17.2. The van der Waals surface area contributed by atoms with Crippen LogP contribution in [0, 0.1) is 0 Å². The maximum Gasteiger partial charge on any atom is 0.331 e. The van der Waals surface area contributed by atoms with E-state index in [2.05, 4.69) is 19.9 Å². The number of aliphatic hydroxyl groups is 1. The van der Waals surface area contributed by atoms with Crippen LogP contribution in [0.4, 0.5) is 4.79 Å². The average Bonchev–Trinajstić information content (AvgIpc) is 3.37. The molecule has 0 radical (unpaired) electrons. The monoisotopic (exact) mass is 428 g/mol. The molecule has 1 fully saturated rings. The van der Waals surface area contributed by atoms with Crippen molar-refractivity contribution in [2.24, 2.45) is 0 Å². The number of likely N-dealkylation sites (N-methyl/N-ethyl adjacent to an activating group) is 1. The third kappa shape index (κ3) is 4.09. The van der Waals surface area contributed by atoms with Gasteiger partial charge in [0.2, 0.25) is 0 Å². The van der Waals surface area contributed by atoms with Crippen molar-refractivity contribution in [3.8, 4) is 5.75 Å². The molecule has 0 aliphatic carbocycles. The Balaban J connectivity index is 1.69. The number of aromatic amines is 2. The van der Waals surface area contributed by atoms with Crippen LogP contribution in [0.3, 0.4) is 0 Å². The van der Waals surface area contributed by atoms with Crippen LogP contribution >= 0.6 is 0 Å². The number of β-amino-alcohol motifs (C(OH)–C–C–N with tert-alkyl or cyclic N) is 1. The van der Waals surface area contributed by atoms with E-state index in [-0.39, 0.29) is 23.3 Å². The normalized spacial score (nSPS) is 17.7. The number of fused-ring (bicyclic) bond motifs is 1. The predicted octanol–water partition coefficient (Wildman–Crippen LogP) is 0.129. The summed E-state index contributed by atoms with van der Waals surface area (Å²) in [5.74, 6) is 0.700. The number of methoxy groups -OCH3 is 1. The third-order valence-electron chi connectivity index (χ3n) is 5.60. The van der Waals surface area contributed by atoms with Crippen molar-refractivity contribution in [3.05, 3.63) is 57.0 Å². The number of hydrogen-bond acceptors (Lipinski definition) is 7. The molecule has 11 heteroatoms. The molecule has 1 saturated heterocycles. The molecule has 1 amide bonds. The van der Waals surface area contributed by atoms with Crippen molar-refractivity contribution in [2.75, 3.05) is 33.8 Å². The first-order valence-corrected chi connectivity index (χ1v) is 9.88. The van der Waals surface area contributed by atoms with Gasteiger partial charge in [0, 0.05) is 26.7 Å². The molecule has 11 nitrogen and oxygen atoms in total. The Morgan fingerprint density at radius 3 is 2.71 bits per heavy atom. The van der Waals surface area contributed by atoms with E-state index < -0.39 is 17.3 Å². The standard InChI is InChI=1S/C20H24N6O5/c1-24(20(30)26-11-21-16-17(26)22-19(29)23-18(16)28)15(10-25-8-7-13(27)9-25)12-3-5-14(31-2)6-4-12/h3-6,11,13,15,27H,7-10H2,1-2H3,(H2,22,23,28,29)/t13-,15+/m0/s1. The van der Waals surface area contributed by atoms with E-state index in [1.165, 1.54) is 11.2 Å². The number of carbonyl (C=O) groups is 1. The van der Waals surface area contributed by atoms with Crippen LogP contribution in [0.1, 0.15) is 18.0 Å². The van der Waals surface area contributed by atoms with Crippen LogP contribution in [0.2, 0.25) is 0 Å². The van der Waals surface area contributed by atoms with E-state index in [1.54, 1.807) is 14.2 Å². The SMILES string of the molecule is COc1ccc([C@@H](CN2CC[C@H](O)C2)N(C)C(=O)n2cnc3c(=O)[nH]c(=O)[nH]c32)cc1. The second-order valence-corrected chi connectivity index (χ2v) is 7.60. The molecule has 31 heavy (non-hydrogen) atoms. The van der Waals surface area contributed by atoms with E-state index in [9.17, 15) is 19.5 Å². The van der Waals surface area contributed by atoms with Crippen LogP contribution < -0.4 is 16.0 Å². The fourth-order valence-corrected chi connectivity index (χ4v) is 3.88. The number of nitrogens with one attached hydrogen (secondary N) is 2. The number of amides is 1. The minimum atomic E-state index is -0.715. The number of hydrogen-bond donors (Lipinski definition) is 3. The molecule has 0 spiro atoms. The van der Waals surface area contributed by atoms with E-state index in [0.717, 1.165) is 16.7 Å². The molecule has 1 aliphatic heterocycles. The summed E-state index contributed by atoms with van der Waals surface area (Å²) in [4.78, 5) is 49.2. The number of rotatable bonds is 5. The van der Waals surface area contributed by atoms with Gasteiger partial charge in [0.1, 0.15) is 12.1 Å². The van der Waals surface area contributed by atoms with Gasteiger partial charge in [-0.1, -0.05) is 12.1 Å². The molecule has 1 aliphatic rings. The van der Waals surface area contributed by atoms with Crippen molar-refractivity contribution in [1.82, 2.24) is 29.3 Å². The van der Waals surface area contributed by atoms with Crippen LogP contribution in [0.25, 0.3) is 11.2 Å². The topological polar surface area (TPSA) is 137 Å².